The minimum Gasteiger partial charge on any atom is -0.366 e. The first-order valence-corrected chi connectivity index (χ1v) is 10.4. The van der Waals surface area contributed by atoms with Gasteiger partial charge in [-0.15, -0.1) is 0 Å². The largest absolute Gasteiger partial charge is 0.433 e. The lowest BCUT2D eigenvalue weighted by Crippen LogP contribution is -2.46. The number of halogens is 3. The molecule has 1 fully saturated rings. The number of rotatable bonds is 6. The van der Waals surface area contributed by atoms with Crippen molar-refractivity contribution in [3.05, 3.63) is 60.2 Å². The summed E-state index contributed by atoms with van der Waals surface area (Å²) in [6.45, 7) is 7.38. The molecule has 10 heteroatoms. The number of anilines is 2. The Morgan fingerprint density at radius 1 is 1.00 bits per heavy atom. The van der Waals surface area contributed by atoms with Crippen LogP contribution in [0.15, 0.2) is 48.9 Å². The smallest absolute Gasteiger partial charge is 0.366 e. The van der Waals surface area contributed by atoms with E-state index in [4.69, 9.17) is 0 Å². The first-order valence-electron chi connectivity index (χ1n) is 10.4. The summed E-state index contributed by atoms with van der Waals surface area (Å²) in [6, 6.07) is 7.93. The summed E-state index contributed by atoms with van der Waals surface area (Å²) in [5.41, 5.74) is 0.309. The van der Waals surface area contributed by atoms with Crippen LogP contribution >= 0.6 is 0 Å². The second-order valence-corrected chi connectivity index (χ2v) is 7.50. The van der Waals surface area contributed by atoms with E-state index in [2.05, 4.69) is 42.0 Å². The highest BCUT2D eigenvalue weighted by molar-refractivity contribution is 5.57. The zero-order valence-corrected chi connectivity index (χ0v) is 17.7. The van der Waals surface area contributed by atoms with Crippen LogP contribution in [0.1, 0.15) is 18.2 Å². The highest BCUT2D eigenvalue weighted by Crippen LogP contribution is 2.30. The van der Waals surface area contributed by atoms with E-state index in [0.717, 1.165) is 50.2 Å². The molecular formula is C22H24F3N7. The molecule has 0 atom stereocenters. The van der Waals surface area contributed by atoms with Crippen LogP contribution in [-0.2, 0) is 12.7 Å². The molecule has 0 bridgehead atoms. The van der Waals surface area contributed by atoms with Crippen molar-refractivity contribution in [1.29, 1.82) is 0 Å². The van der Waals surface area contributed by atoms with Crippen LogP contribution in [0.4, 0.5) is 24.8 Å². The Labute approximate surface area is 184 Å². The first kappa shape index (κ1) is 21.9. The Morgan fingerprint density at radius 3 is 2.38 bits per heavy atom. The fourth-order valence-electron chi connectivity index (χ4n) is 3.51. The van der Waals surface area contributed by atoms with Crippen molar-refractivity contribution in [2.24, 2.45) is 0 Å². The Morgan fingerprint density at radius 2 is 1.75 bits per heavy atom. The van der Waals surface area contributed by atoms with Gasteiger partial charge in [-0.05, 0) is 30.3 Å². The van der Waals surface area contributed by atoms with Crippen LogP contribution in [0.25, 0.3) is 11.4 Å². The number of piperazine rings is 1. The lowest BCUT2D eigenvalue weighted by atomic mass is 10.2. The van der Waals surface area contributed by atoms with Crippen LogP contribution in [0, 0.1) is 0 Å². The first-order chi connectivity index (χ1) is 15.4. The fourth-order valence-corrected chi connectivity index (χ4v) is 3.51. The van der Waals surface area contributed by atoms with Crippen molar-refractivity contribution in [3.63, 3.8) is 0 Å². The molecule has 0 amide bonds. The third-order valence-corrected chi connectivity index (χ3v) is 5.38. The number of pyridine rings is 2. The molecule has 32 heavy (non-hydrogen) atoms. The number of aromatic nitrogens is 4. The van der Waals surface area contributed by atoms with Gasteiger partial charge < -0.3 is 15.1 Å². The van der Waals surface area contributed by atoms with Crippen LogP contribution in [-0.4, -0.2) is 57.6 Å². The van der Waals surface area contributed by atoms with Crippen molar-refractivity contribution in [1.82, 2.24) is 24.8 Å². The van der Waals surface area contributed by atoms with Crippen molar-refractivity contribution < 1.29 is 13.2 Å². The number of hydrogen-bond acceptors (Lipinski definition) is 7. The number of hydrogen-bond donors (Lipinski definition) is 1. The van der Waals surface area contributed by atoms with Gasteiger partial charge in [0.15, 0.2) is 11.5 Å². The number of alkyl halides is 3. The molecule has 0 spiro atoms. The molecule has 0 saturated carbocycles. The monoisotopic (exact) mass is 443 g/mol. The van der Waals surface area contributed by atoms with Gasteiger partial charge in [0.2, 0.25) is 0 Å². The second kappa shape index (κ2) is 9.47. The van der Waals surface area contributed by atoms with Gasteiger partial charge in [-0.3, -0.25) is 4.98 Å². The lowest BCUT2D eigenvalue weighted by molar-refractivity contribution is -0.141. The van der Waals surface area contributed by atoms with Gasteiger partial charge in [-0.25, -0.2) is 15.0 Å². The molecule has 1 aliphatic heterocycles. The molecule has 1 N–H and O–H groups in total. The summed E-state index contributed by atoms with van der Waals surface area (Å²) in [6.07, 6.45) is 0.138. The van der Waals surface area contributed by atoms with Gasteiger partial charge in [-0.1, -0.05) is 13.0 Å². The van der Waals surface area contributed by atoms with Crippen molar-refractivity contribution in [2.75, 3.05) is 42.9 Å². The molecule has 4 heterocycles. The van der Waals surface area contributed by atoms with Crippen molar-refractivity contribution in [3.8, 4) is 11.4 Å². The van der Waals surface area contributed by atoms with Crippen LogP contribution < -0.4 is 10.2 Å². The topological polar surface area (TPSA) is 70.1 Å². The Bertz CT molecular complexity index is 1020. The Hall–Kier alpha value is -3.27. The van der Waals surface area contributed by atoms with Gasteiger partial charge in [0.05, 0.1) is 0 Å². The Kier molecular flexibility index (Phi) is 6.50. The molecule has 4 rings (SSSR count). The maximum absolute atomic E-state index is 13.3. The summed E-state index contributed by atoms with van der Waals surface area (Å²) >= 11 is 0. The predicted molar refractivity (Wildman–Crippen MR) is 116 cm³/mol. The van der Waals surface area contributed by atoms with E-state index in [0.29, 0.717) is 12.1 Å². The molecule has 168 valence electrons. The molecule has 7 nitrogen and oxygen atoms in total. The molecule has 0 aliphatic carbocycles. The molecule has 3 aromatic heterocycles. The minimum absolute atomic E-state index is 0.00980. The molecule has 3 aromatic rings. The summed E-state index contributed by atoms with van der Waals surface area (Å²) in [5.74, 6) is 0.995. The third-order valence-electron chi connectivity index (χ3n) is 5.38. The zero-order valence-electron chi connectivity index (χ0n) is 17.7. The van der Waals surface area contributed by atoms with E-state index in [1.165, 1.54) is 12.4 Å². The summed E-state index contributed by atoms with van der Waals surface area (Å²) < 4.78 is 40.0. The number of nitrogens with one attached hydrogen (secondary N) is 1. The predicted octanol–water partition coefficient (Wildman–Crippen LogP) is 3.71. The van der Waals surface area contributed by atoms with E-state index >= 15 is 0 Å². The van der Waals surface area contributed by atoms with Crippen molar-refractivity contribution in [2.45, 2.75) is 19.6 Å². The Balaban J connectivity index is 1.46. The number of nitrogens with zero attached hydrogens (tertiary/aromatic N) is 6. The highest BCUT2D eigenvalue weighted by Gasteiger charge is 2.33. The standard InChI is InChI=1S/C22H24F3N7/c1-2-31-9-11-32(12-10-31)20-4-3-16(15-28-20)14-27-19-13-18(22(23,24)25)29-21(30-19)17-5-7-26-8-6-17/h3-8,13,15H,2,9-12,14H2,1H3,(H,27,29,30). The summed E-state index contributed by atoms with van der Waals surface area (Å²) in [4.78, 5) is 21.0. The molecule has 0 aromatic carbocycles. The van der Waals surface area contributed by atoms with Gasteiger partial charge >= 0.3 is 6.18 Å². The second-order valence-electron chi connectivity index (χ2n) is 7.50. The van der Waals surface area contributed by atoms with Gasteiger partial charge in [0.25, 0.3) is 0 Å². The van der Waals surface area contributed by atoms with Crippen molar-refractivity contribution >= 4 is 11.6 Å². The third kappa shape index (κ3) is 5.31. The van der Waals surface area contributed by atoms with E-state index in [9.17, 15) is 13.2 Å². The summed E-state index contributed by atoms with van der Waals surface area (Å²) in [7, 11) is 0. The summed E-state index contributed by atoms with van der Waals surface area (Å²) in [5, 5.41) is 2.97. The van der Waals surface area contributed by atoms with Crippen LogP contribution in [0.3, 0.4) is 0 Å². The highest BCUT2D eigenvalue weighted by atomic mass is 19.4. The normalized spacial score (nSPS) is 15.1. The van der Waals surface area contributed by atoms with E-state index in [-0.39, 0.29) is 11.6 Å². The van der Waals surface area contributed by atoms with Gasteiger partial charge in [0, 0.05) is 62.9 Å². The molecule has 0 radical (unpaired) electrons. The average molecular weight is 443 g/mol. The number of likely N-dealkylation sites (N-methyl/N-ethyl adjacent to an activating group) is 1. The maximum atomic E-state index is 13.3. The molecule has 1 saturated heterocycles. The lowest BCUT2D eigenvalue weighted by Gasteiger charge is -2.34. The van der Waals surface area contributed by atoms with Crippen LogP contribution in [0.5, 0.6) is 0 Å². The molecule has 1 aliphatic rings. The van der Waals surface area contributed by atoms with E-state index in [1.54, 1.807) is 18.3 Å². The molecular weight excluding hydrogens is 419 g/mol. The van der Waals surface area contributed by atoms with Gasteiger partial charge in [0.1, 0.15) is 11.6 Å². The average Bonchev–Trinajstić information content (AvgIpc) is 2.83. The minimum atomic E-state index is -4.58. The van der Waals surface area contributed by atoms with E-state index < -0.39 is 11.9 Å². The fraction of sp³-hybridized carbons (Fsp3) is 0.364. The van der Waals surface area contributed by atoms with E-state index in [1.807, 2.05) is 12.1 Å². The molecule has 0 unspecified atom stereocenters. The quantitative estimate of drug-likeness (QED) is 0.623. The maximum Gasteiger partial charge on any atom is 0.433 e. The SMILES string of the molecule is CCN1CCN(c2ccc(CNc3cc(C(F)(F)F)nc(-c4ccncc4)n3)cn2)CC1. The van der Waals surface area contributed by atoms with Gasteiger partial charge in [-0.2, -0.15) is 13.2 Å². The zero-order chi connectivity index (χ0) is 22.6. The van der Waals surface area contributed by atoms with Crippen LogP contribution in [0.2, 0.25) is 0 Å².